The highest BCUT2D eigenvalue weighted by atomic mass is 16.2. The fourth-order valence-corrected chi connectivity index (χ4v) is 3.97. The van der Waals surface area contributed by atoms with Crippen molar-refractivity contribution in [2.75, 3.05) is 13.1 Å². The van der Waals surface area contributed by atoms with Crippen LogP contribution in [0.15, 0.2) is 30.3 Å². The molecule has 0 aliphatic carbocycles. The quantitative estimate of drug-likeness (QED) is 0.685. The maximum atomic E-state index is 13.2. The zero-order valence-corrected chi connectivity index (χ0v) is 17.6. The highest BCUT2D eigenvalue weighted by Crippen LogP contribution is 2.18. The number of amides is 1. The molecule has 4 rings (SSSR count). The molecule has 0 saturated carbocycles. The average molecular weight is 393 g/mol. The molecule has 3 heterocycles. The lowest BCUT2D eigenvalue weighted by molar-refractivity contribution is 0.0758. The number of benzene rings is 1. The number of hydrogen-bond donors (Lipinski definition) is 0. The van der Waals surface area contributed by atoms with E-state index in [0.717, 1.165) is 47.1 Å². The molecule has 7 nitrogen and oxygen atoms in total. The van der Waals surface area contributed by atoms with Crippen molar-refractivity contribution in [2.45, 2.75) is 53.1 Å². The fraction of sp³-hybridized carbons (Fsp3) is 0.455. The predicted molar refractivity (Wildman–Crippen MR) is 111 cm³/mol. The standard InChI is InChI=1S/C22H28N6O/c1-15(2)21-24-23-20-8-9-26(10-11-27(20)21)22(29)19-7-5-6-18(13-19)14-28-17(4)12-16(3)25-28/h5-7,12-13,15H,8-11,14H2,1-4H3. The summed E-state index contributed by atoms with van der Waals surface area (Å²) in [5.74, 6) is 2.37. The van der Waals surface area contributed by atoms with Gasteiger partial charge in [0.1, 0.15) is 11.6 Å². The van der Waals surface area contributed by atoms with Gasteiger partial charge >= 0.3 is 0 Å². The molecule has 0 radical (unpaired) electrons. The third-order valence-corrected chi connectivity index (χ3v) is 5.47. The van der Waals surface area contributed by atoms with E-state index in [0.29, 0.717) is 25.6 Å². The first-order chi connectivity index (χ1) is 13.9. The number of rotatable bonds is 4. The van der Waals surface area contributed by atoms with Crippen LogP contribution < -0.4 is 0 Å². The summed E-state index contributed by atoms with van der Waals surface area (Å²) in [6, 6.07) is 9.96. The minimum atomic E-state index is 0.0741. The van der Waals surface area contributed by atoms with Crippen LogP contribution in [-0.4, -0.2) is 48.4 Å². The zero-order valence-electron chi connectivity index (χ0n) is 17.6. The smallest absolute Gasteiger partial charge is 0.253 e. The summed E-state index contributed by atoms with van der Waals surface area (Å²) >= 11 is 0. The van der Waals surface area contributed by atoms with Gasteiger partial charge in [-0.1, -0.05) is 26.0 Å². The van der Waals surface area contributed by atoms with Gasteiger partial charge in [0.25, 0.3) is 5.91 Å². The summed E-state index contributed by atoms with van der Waals surface area (Å²) in [6.07, 6.45) is 0.733. The average Bonchev–Trinajstić information content (AvgIpc) is 3.16. The van der Waals surface area contributed by atoms with Crippen LogP contribution in [0, 0.1) is 13.8 Å². The molecule has 152 valence electrons. The highest BCUT2D eigenvalue weighted by molar-refractivity contribution is 5.94. The Kier molecular flexibility index (Phi) is 5.22. The minimum absolute atomic E-state index is 0.0741. The van der Waals surface area contributed by atoms with Crippen LogP contribution in [0.1, 0.15) is 58.7 Å². The van der Waals surface area contributed by atoms with E-state index in [1.54, 1.807) is 0 Å². The Morgan fingerprint density at radius 1 is 1.10 bits per heavy atom. The molecular formula is C22H28N6O. The molecule has 0 atom stereocenters. The normalized spacial score (nSPS) is 14.2. The zero-order chi connectivity index (χ0) is 20.5. The predicted octanol–water partition coefficient (Wildman–Crippen LogP) is 2.96. The van der Waals surface area contributed by atoms with Crippen LogP contribution in [-0.2, 0) is 19.5 Å². The molecule has 1 aliphatic heterocycles. The Morgan fingerprint density at radius 2 is 1.93 bits per heavy atom. The summed E-state index contributed by atoms with van der Waals surface area (Å²) < 4.78 is 4.15. The van der Waals surface area contributed by atoms with E-state index < -0.39 is 0 Å². The molecule has 1 aromatic carbocycles. The third-order valence-electron chi connectivity index (χ3n) is 5.47. The number of hydrogen-bond acceptors (Lipinski definition) is 4. The lowest BCUT2D eigenvalue weighted by Gasteiger charge is -2.20. The molecule has 0 fully saturated rings. The molecule has 0 N–H and O–H groups in total. The summed E-state index contributed by atoms with van der Waals surface area (Å²) in [6.45, 7) is 11.0. The van der Waals surface area contributed by atoms with E-state index >= 15 is 0 Å². The van der Waals surface area contributed by atoms with Crippen LogP contribution in [0.5, 0.6) is 0 Å². The van der Waals surface area contributed by atoms with Gasteiger partial charge in [-0.25, -0.2) is 0 Å². The second kappa shape index (κ2) is 7.81. The Bertz CT molecular complexity index is 1030. The van der Waals surface area contributed by atoms with Crippen LogP contribution in [0.4, 0.5) is 0 Å². The molecule has 1 aliphatic rings. The molecule has 1 amide bonds. The summed E-state index contributed by atoms with van der Waals surface area (Å²) in [5.41, 5.74) is 3.93. The van der Waals surface area contributed by atoms with Crippen molar-refractivity contribution in [3.8, 4) is 0 Å². The van der Waals surface area contributed by atoms with Crippen molar-refractivity contribution >= 4 is 5.91 Å². The molecule has 0 unspecified atom stereocenters. The van der Waals surface area contributed by atoms with Gasteiger partial charge in [-0.15, -0.1) is 10.2 Å². The van der Waals surface area contributed by atoms with Gasteiger partial charge < -0.3 is 9.47 Å². The molecular weight excluding hydrogens is 364 g/mol. The number of carbonyl (C=O) groups is 1. The van der Waals surface area contributed by atoms with Crippen molar-refractivity contribution in [2.24, 2.45) is 0 Å². The van der Waals surface area contributed by atoms with E-state index in [1.807, 2.05) is 40.8 Å². The summed E-state index contributed by atoms with van der Waals surface area (Å²) in [4.78, 5) is 15.1. The van der Waals surface area contributed by atoms with Gasteiger partial charge in [-0.05, 0) is 37.6 Å². The number of nitrogens with zero attached hydrogens (tertiary/aromatic N) is 6. The van der Waals surface area contributed by atoms with Crippen LogP contribution in [0.25, 0.3) is 0 Å². The van der Waals surface area contributed by atoms with Crippen molar-refractivity contribution in [3.05, 3.63) is 64.5 Å². The lowest BCUT2D eigenvalue weighted by Crippen LogP contribution is -2.33. The van der Waals surface area contributed by atoms with E-state index in [-0.39, 0.29) is 5.91 Å². The first kappa shape index (κ1) is 19.4. The Balaban J connectivity index is 1.49. The Hall–Kier alpha value is -2.96. The van der Waals surface area contributed by atoms with Gasteiger partial charge in [-0.2, -0.15) is 5.10 Å². The highest BCUT2D eigenvalue weighted by Gasteiger charge is 2.23. The molecule has 0 saturated heterocycles. The molecule has 3 aromatic rings. The van der Waals surface area contributed by atoms with Crippen molar-refractivity contribution in [1.29, 1.82) is 0 Å². The topological polar surface area (TPSA) is 68.8 Å². The summed E-state index contributed by atoms with van der Waals surface area (Å²) in [7, 11) is 0. The van der Waals surface area contributed by atoms with Crippen molar-refractivity contribution in [3.63, 3.8) is 0 Å². The molecule has 29 heavy (non-hydrogen) atoms. The first-order valence-electron chi connectivity index (χ1n) is 10.2. The van der Waals surface area contributed by atoms with Gasteiger partial charge in [0.2, 0.25) is 0 Å². The Morgan fingerprint density at radius 3 is 2.66 bits per heavy atom. The third kappa shape index (κ3) is 3.95. The molecule has 2 aromatic heterocycles. The molecule has 7 heteroatoms. The Labute approximate surface area is 171 Å². The number of carbonyl (C=O) groups excluding carboxylic acids is 1. The maximum absolute atomic E-state index is 13.2. The van der Waals surface area contributed by atoms with E-state index in [1.165, 1.54) is 0 Å². The maximum Gasteiger partial charge on any atom is 0.253 e. The summed E-state index contributed by atoms with van der Waals surface area (Å²) in [5, 5.41) is 13.2. The van der Waals surface area contributed by atoms with Gasteiger partial charge in [-0.3, -0.25) is 9.48 Å². The van der Waals surface area contributed by atoms with Crippen LogP contribution >= 0.6 is 0 Å². The van der Waals surface area contributed by atoms with Crippen molar-refractivity contribution in [1.82, 2.24) is 29.4 Å². The van der Waals surface area contributed by atoms with Gasteiger partial charge in [0.05, 0.1) is 12.2 Å². The van der Waals surface area contributed by atoms with Gasteiger partial charge in [0, 0.05) is 43.2 Å². The minimum Gasteiger partial charge on any atom is -0.336 e. The molecule has 0 spiro atoms. The monoisotopic (exact) mass is 392 g/mol. The fourth-order valence-electron chi connectivity index (χ4n) is 3.97. The van der Waals surface area contributed by atoms with Crippen LogP contribution in [0.2, 0.25) is 0 Å². The van der Waals surface area contributed by atoms with Crippen LogP contribution in [0.3, 0.4) is 0 Å². The molecule has 0 bridgehead atoms. The number of fused-ring (bicyclic) bond motifs is 1. The largest absolute Gasteiger partial charge is 0.336 e. The second-order valence-electron chi connectivity index (χ2n) is 8.11. The van der Waals surface area contributed by atoms with Gasteiger partial charge in [0.15, 0.2) is 0 Å². The number of aryl methyl sites for hydroxylation is 2. The number of aromatic nitrogens is 5. The van der Waals surface area contributed by atoms with E-state index in [9.17, 15) is 4.79 Å². The second-order valence-corrected chi connectivity index (χ2v) is 8.11. The van der Waals surface area contributed by atoms with E-state index in [4.69, 9.17) is 0 Å². The lowest BCUT2D eigenvalue weighted by atomic mass is 10.1. The SMILES string of the molecule is Cc1cc(C)n(Cc2cccc(C(=O)N3CCc4nnc(C(C)C)n4CC3)c2)n1. The van der Waals surface area contributed by atoms with Crippen molar-refractivity contribution < 1.29 is 4.79 Å². The van der Waals surface area contributed by atoms with E-state index in [2.05, 4.69) is 46.7 Å². The first-order valence-corrected chi connectivity index (χ1v) is 10.2.